The number of nitrogens with one attached hydrogen (secondary N) is 1. The maximum Gasteiger partial charge on any atom is 0.164 e. The number of aliphatic hydroxyl groups is 1. The minimum absolute atomic E-state index is 0.180. The van der Waals surface area contributed by atoms with Gasteiger partial charge in [-0.15, -0.1) is 5.10 Å². The van der Waals surface area contributed by atoms with Gasteiger partial charge < -0.3 is 10.4 Å². The lowest BCUT2D eigenvalue weighted by molar-refractivity contribution is 0.0649. The Morgan fingerprint density at radius 3 is 2.72 bits per heavy atom. The Balaban J connectivity index is 1.70. The highest BCUT2D eigenvalue weighted by Gasteiger charge is 2.17. The first kappa shape index (κ1) is 21.4. The van der Waals surface area contributed by atoms with Crippen molar-refractivity contribution in [2.45, 2.75) is 52.3 Å². The zero-order valence-electron chi connectivity index (χ0n) is 18.5. The van der Waals surface area contributed by atoms with Crippen molar-refractivity contribution in [3.05, 3.63) is 42.5 Å². The molecule has 0 saturated carbocycles. The summed E-state index contributed by atoms with van der Waals surface area (Å²) in [4.78, 5) is 8.97. The molecule has 10 nitrogen and oxygen atoms in total. The summed E-state index contributed by atoms with van der Waals surface area (Å²) in [5, 5.41) is 36.2. The summed E-state index contributed by atoms with van der Waals surface area (Å²) in [6, 6.07) is 5.92. The van der Waals surface area contributed by atoms with Gasteiger partial charge in [-0.3, -0.25) is 4.68 Å². The lowest BCUT2D eigenvalue weighted by atomic mass is 10.1. The molecule has 4 heterocycles. The number of aromatic nitrogens is 7. The first-order chi connectivity index (χ1) is 15.2. The molecule has 4 aromatic rings. The lowest BCUT2D eigenvalue weighted by Crippen LogP contribution is -2.21. The van der Waals surface area contributed by atoms with E-state index in [9.17, 15) is 5.11 Å². The fourth-order valence-corrected chi connectivity index (χ4v) is 3.26. The van der Waals surface area contributed by atoms with Crippen molar-refractivity contribution < 1.29 is 5.11 Å². The molecule has 4 rings (SSSR count). The van der Waals surface area contributed by atoms with Crippen molar-refractivity contribution in [1.82, 2.24) is 34.7 Å². The van der Waals surface area contributed by atoms with Crippen LogP contribution in [0.15, 0.2) is 36.9 Å². The molecule has 0 aromatic carbocycles. The van der Waals surface area contributed by atoms with Crippen LogP contribution in [0.4, 0.5) is 5.69 Å². The van der Waals surface area contributed by atoms with Crippen molar-refractivity contribution in [3.63, 3.8) is 0 Å². The van der Waals surface area contributed by atoms with Gasteiger partial charge in [0.15, 0.2) is 11.5 Å². The van der Waals surface area contributed by atoms with Crippen molar-refractivity contribution in [2.24, 2.45) is 0 Å². The number of hydrogen-bond acceptors (Lipinski definition) is 8. The molecule has 10 heteroatoms. The number of hydrogen-bond donors (Lipinski definition) is 2. The first-order valence-corrected chi connectivity index (χ1v) is 10.4. The summed E-state index contributed by atoms with van der Waals surface area (Å²) in [5.74, 6) is 0.596. The molecular weight excluding hydrogens is 406 g/mol. The summed E-state index contributed by atoms with van der Waals surface area (Å²) in [5.41, 5.74) is 2.68. The van der Waals surface area contributed by atoms with Gasteiger partial charge in [0.2, 0.25) is 0 Å². The van der Waals surface area contributed by atoms with E-state index in [1.165, 1.54) is 6.20 Å². The van der Waals surface area contributed by atoms with Gasteiger partial charge in [-0.1, -0.05) is 5.21 Å². The molecule has 0 fully saturated rings. The Morgan fingerprint density at radius 1 is 1.19 bits per heavy atom. The van der Waals surface area contributed by atoms with Crippen molar-refractivity contribution in [1.29, 1.82) is 5.26 Å². The van der Waals surface area contributed by atoms with Gasteiger partial charge >= 0.3 is 0 Å². The summed E-state index contributed by atoms with van der Waals surface area (Å²) in [7, 11) is 0. The van der Waals surface area contributed by atoms with Gasteiger partial charge in [-0.25, -0.2) is 9.97 Å². The first-order valence-electron chi connectivity index (χ1n) is 10.4. The lowest BCUT2D eigenvalue weighted by Gasteiger charge is -2.16. The normalized spacial score (nSPS) is 11.8. The molecule has 0 unspecified atom stereocenters. The van der Waals surface area contributed by atoms with Crippen LogP contribution in [-0.2, 0) is 6.54 Å². The highest BCUT2D eigenvalue weighted by molar-refractivity contribution is 5.79. The van der Waals surface area contributed by atoms with E-state index >= 15 is 0 Å². The SMILES string of the molecule is CC(C)Nc1cc(-n2ncc3cc(C#N)cnc32)ncc1-c1cn(CCC(C)(C)O)nn1. The minimum Gasteiger partial charge on any atom is -0.390 e. The van der Waals surface area contributed by atoms with Crippen LogP contribution in [0.2, 0.25) is 0 Å². The molecule has 0 saturated heterocycles. The molecule has 0 aliphatic heterocycles. The fraction of sp³-hybridized carbons (Fsp3) is 0.364. The number of aryl methyl sites for hydroxylation is 1. The third kappa shape index (κ3) is 4.58. The molecule has 0 radical (unpaired) electrons. The van der Waals surface area contributed by atoms with Gasteiger partial charge in [-0.2, -0.15) is 15.0 Å². The van der Waals surface area contributed by atoms with Crippen molar-refractivity contribution >= 4 is 16.7 Å². The minimum atomic E-state index is -0.770. The number of fused-ring (bicyclic) bond motifs is 1. The Hall–Kier alpha value is -3.84. The molecule has 32 heavy (non-hydrogen) atoms. The summed E-state index contributed by atoms with van der Waals surface area (Å²) in [6.07, 6.45) is 7.34. The Bertz CT molecular complexity index is 1290. The van der Waals surface area contributed by atoms with Crippen LogP contribution in [0.1, 0.15) is 39.7 Å². The summed E-state index contributed by atoms with van der Waals surface area (Å²) < 4.78 is 3.37. The van der Waals surface area contributed by atoms with Crippen molar-refractivity contribution in [3.8, 4) is 23.1 Å². The predicted octanol–water partition coefficient (Wildman–Crippen LogP) is 2.93. The molecule has 0 aliphatic carbocycles. The van der Waals surface area contributed by atoms with Gasteiger partial charge in [-0.05, 0) is 40.2 Å². The van der Waals surface area contributed by atoms with E-state index in [1.54, 1.807) is 41.7 Å². The standard InChI is InChI=1S/C22H25N9O/c1-14(2)27-18-8-20(31-21-16(11-26-31)7-15(9-23)10-25-21)24-12-17(18)19-13-30(29-28-19)6-5-22(3,4)32/h7-8,10-14,32H,5-6H2,1-4H3,(H,24,27). The number of nitriles is 1. The second kappa shape index (κ2) is 8.36. The molecule has 2 N–H and O–H groups in total. The van der Waals surface area contributed by atoms with E-state index in [-0.39, 0.29) is 6.04 Å². The maximum atomic E-state index is 9.96. The average molecular weight is 432 g/mol. The van der Waals surface area contributed by atoms with Crippen LogP contribution < -0.4 is 5.32 Å². The van der Waals surface area contributed by atoms with E-state index in [0.717, 1.165) is 16.6 Å². The Kier molecular flexibility index (Phi) is 5.59. The number of anilines is 1. The van der Waals surface area contributed by atoms with Gasteiger partial charge in [0.05, 0.1) is 23.6 Å². The maximum absolute atomic E-state index is 9.96. The van der Waals surface area contributed by atoms with E-state index in [0.29, 0.717) is 35.7 Å². The molecule has 0 atom stereocenters. The monoisotopic (exact) mass is 431 g/mol. The quantitative estimate of drug-likeness (QED) is 0.457. The Morgan fingerprint density at radius 2 is 2.00 bits per heavy atom. The second-order valence-electron chi connectivity index (χ2n) is 8.62. The highest BCUT2D eigenvalue weighted by atomic mass is 16.3. The number of pyridine rings is 2. The molecule has 0 aliphatic rings. The van der Waals surface area contributed by atoms with Crippen molar-refractivity contribution in [2.75, 3.05) is 5.32 Å². The highest BCUT2D eigenvalue weighted by Crippen LogP contribution is 2.29. The molecule has 4 aromatic heterocycles. The van der Waals surface area contributed by atoms with Gasteiger partial charge in [0.1, 0.15) is 11.8 Å². The van der Waals surface area contributed by atoms with Crippen LogP contribution in [0.25, 0.3) is 28.1 Å². The third-order valence-corrected chi connectivity index (χ3v) is 4.86. The third-order valence-electron chi connectivity index (χ3n) is 4.86. The topological polar surface area (TPSA) is 130 Å². The zero-order chi connectivity index (χ0) is 22.9. The average Bonchev–Trinajstić information content (AvgIpc) is 3.38. The molecule has 164 valence electrons. The van der Waals surface area contributed by atoms with Crippen LogP contribution in [0.3, 0.4) is 0 Å². The Labute approximate surface area is 185 Å². The zero-order valence-corrected chi connectivity index (χ0v) is 18.5. The smallest absolute Gasteiger partial charge is 0.164 e. The van der Waals surface area contributed by atoms with Crippen LogP contribution in [0, 0.1) is 11.3 Å². The number of nitrogens with zero attached hydrogens (tertiary/aromatic N) is 8. The van der Waals surface area contributed by atoms with Crippen LogP contribution in [-0.4, -0.2) is 51.5 Å². The molecular formula is C22H25N9O. The second-order valence-corrected chi connectivity index (χ2v) is 8.62. The van der Waals surface area contributed by atoms with Gasteiger partial charge in [0.25, 0.3) is 0 Å². The summed E-state index contributed by atoms with van der Waals surface area (Å²) in [6.45, 7) is 8.21. The molecule has 0 spiro atoms. The number of rotatable bonds is 7. The predicted molar refractivity (Wildman–Crippen MR) is 120 cm³/mol. The van der Waals surface area contributed by atoms with E-state index in [1.807, 2.05) is 12.3 Å². The van der Waals surface area contributed by atoms with Crippen LogP contribution in [0.5, 0.6) is 0 Å². The van der Waals surface area contributed by atoms with E-state index in [4.69, 9.17) is 5.26 Å². The molecule has 0 bridgehead atoms. The molecule has 0 amide bonds. The van der Waals surface area contributed by atoms with E-state index < -0.39 is 5.60 Å². The van der Waals surface area contributed by atoms with E-state index in [2.05, 4.69) is 50.6 Å². The fourth-order valence-electron chi connectivity index (χ4n) is 3.26. The van der Waals surface area contributed by atoms with Crippen LogP contribution >= 0.6 is 0 Å². The van der Waals surface area contributed by atoms with Gasteiger partial charge in [0, 0.05) is 47.7 Å². The largest absolute Gasteiger partial charge is 0.390 e. The summed E-state index contributed by atoms with van der Waals surface area (Å²) >= 11 is 0.